The van der Waals surface area contributed by atoms with Gasteiger partial charge in [-0.3, -0.25) is 0 Å². The first kappa shape index (κ1) is 11.6. The minimum Gasteiger partial charge on any atom is -0.198 e. The van der Waals surface area contributed by atoms with Crippen LogP contribution in [0, 0.1) is 40.4 Å². The maximum absolute atomic E-state index is 9.76. The topological polar surface area (TPSA) is 23.8 Å². The van der Waals surface area contributed by atoms with Crippen molar-refractivity contribution in [2.24, 2.45) is 29.1 Å². The maximum Gasteiger partial charge on any atom is 0.0695 e. The van der Waals surface area contributed by atoms with Gasteiger partial charge in [0, 0.05) is 0 Å². The summed E-state index contributed by atoms with van der Waals surface area (Å²) in [5.74, 6) is 3.37. The molecule has 3 atom stereocenters. The molecule has 1 heteroatoms. The molecule has 0 aromatic rings. The van der Waals surface area contributed by atoms with Crippen molar-refractivity contribution in [3.63, 3.8) is 0 Å². The van der Waals surface area contributed by atoms with Gasteiger partial charge in [-0.05, 0) is 55.8 Å². The van der Waals surface area contributed by atoms with E-state index in [0.29, 0.717) is 0 Å². The van der Waals surface area contributed by atoms with Gasteiger partial charge in [0.15, 0.2) is 0 Å². The standard InChI is InChI=1S/C16H25N/c1-2-12-3-6-14(7-4-12)16(11-17)10-13-5-8-15(16)9-13/h12-15H,2-10H2,1H3. The highest BCUT2D eigenvalue weighted by Gasteiger charge is 2.55. The van der Waals surface area contributed by atoms with Crippen molar-refractivity contribution in [1.82, 2.24) is 0 Å². The molecule has 0 aromatic carbocycles. The Morgan fingerprint density at radius 3 is 2.24 bits per heavy atom. The molecule has 0 saturated heterocycles. The highest BCUT2D eigenvalue weighted by Crippen LogP contribution is 2.61. The van der Waals surface area contributed by atoms with E-state index in [-0.39, 0.29) is 5.41 Å². The molecule has 3 fully saturated rings. The number of hydrogen-bond acceptors (Lipinski definition) is 1. The average Bonchev–Trinajstić information content (AvgIpc) is 2.99. The summed E-state index contributed by atoms with van der Waals surface area (Å²) in [6.07, 6.45) is 12.2. The van der Waals surface area contributed by atoms with Gasteiger partial charge in [-0.15, -0.1) is 0 Å². The zero-order valence-electron chi connectivity index (χ0n) is 11.1. The zero-order valence-corrected chi connectivity index (χ0v) is 11.1. The van der Waals surface area contributed by atoms with E-state index in [0.717, 1.165) is 23.7 Å². The first-order valence-corrected chi connectivity index (χ1v) is 7.69. The Bertz CT molecular complexity index is 321. The van der Waals surface area contributed by atoms with Crippen molar-refractivity contribution in [3.8, 4) is 6.07 Å². The van der Waals surface area contributed by atoms with Crippen LogP contribution in [0.25, 0.3) is 0 Å². The second-order valence-corrected chi connectivity index (χ2v) is 6.86. The van der Waals surface area contributed by atoms with Crippen LogP contribution < -0.4 is 0 Å². The number of fused-ring (bicyclic) bond motifs is 2. The van der Waals surface area contributed by atoms with Crippen molar-refractivity contribution in [3.05, 3.63) is 0 Å². The van der Waals surface area contributed by atoms with E-state index in [9.17, 15) is 5.26 Å². The second-order valence-electron chi connectivity index (χ2n) is 6.86. The molecular weight excluding hydrogens is 206 g/mol. The lowest BCUT2D eigenvalue weighted by atomic mass is 9.60. The predicted octanol–water partition coefficient (Wildman–Crippen LogP) is 4.53. The fourth-order valence-corrected chi connectivity index (χ4v) is 5.19. The summed E-state index contributed by atoms with van der Waals surface area (Å²) < 4.78 is 0. The number of hydrogen-bond donors (Lipinski definition) is 0. The lowest BCUT2D eigenvalue weighted by molar-refractivity contribution is 0.0908. The van der Waals surface area contributed by atoms with E-state index in [1.165, 1.54) is 57.8 Å². The van der Waals surface area contributed by atoms with Crippen LogP contribution in [0.5, 0.6) is 0 Å². The monoisotopic (exact) mass is 231 g/mol. The number of nitrogens with zero attached hydrogens (tertiary/aromatic N) is 1. The van der Waals surface area contributed by atoms with Crippen molar-refractivity contribution < 1.29 is 0 Å². The Labute approximate surface area is 106 Å². The normalized spacial score (nSPS) is 49.2. The Morgan fingerprint density at radius 2 is 1.76 bits per heavy atom. The third kappa shape index (κ3) is 1.72. The van der Waals surface area contributed by atoms with Gasteiger partial charge >= 0.3 is 0 Å². The molecule has 3 aliphatic carbocycles. The van der Waals surface area contributed by atoms with Crippen molar-refractivity contribution in [1.29, 1.82) is 5.26 Å². The summed E-state index contributed by atoms with van der Waals surface area (Å²) in [6.45, 7) is 2.32. The van der Waals surface area contributed by atoms with Gasteiger partial charge in [0.1, 0.15) is 0 Å². The molecule has 94 valence electrons. The minimum atomic E-state index is 0.113. The summed E-state index contributed by atoms with van der Waals surface area (Å²) in [4.78, 5) is 0. The summed E-state index contributed by atoms with van der Waals surface area (Å²) in [5.41, 5.74) is 0.113. The van der Waals surface area contributed by atoms with Crippen LogP contribution in [-0.4, -0.2) is 0 Å². The van der Waals surface area contributed by atoms with E-state index in [4.69, 9.17) is 0 Å². The smallest absolute Gasteiger partial charge is 0.0695 e. The zero-order chi connectivity index (χ0) is 11.9. The molecule has 17 heavy (non-hydrogen) atoms. The van der Waals surface area contributed by atoms with Crippen LogP contribution in [-0.2, 0) is 0 Å². The summed E-state index contributed by atoms with van der Waals surface area (Å²) in [6, 6.07) is 2.81. The molecule has 3 rings (SSSR count). The van der Waals surface area contributed by atoms with Gasteiger partial charge in [-0.2, -0.15) is 5.26 Å². The van der Waals surface area contributed by atoms with Gasteiger partial charge in [-0.25, -0.2) is 0 Å². The summed E-state index contributed by atoms with van der Waals surface area (Å²) >= 11 is 0. The fourth-order valence-electron chi connectivity index (χ4n) is 5.19. The van der Waals surface area contributed by atoms with Gasteiger partial charge in [0.25, 0.3) is 0 Å². The third-order valence-electron chi connectivity index (χ3n) is 6.26. The average molecular weight is 231 g/mol. The lowest BCUT2D eigenvalue weighted by Gasteiger charge is -2.42. The van der Waals surface area contributed by atoms with Crippen LogP contribution in [0.4, 0.5) is 0 Å². The van der Waals surface area contributed by atoms with Gasteiger partial charge in [0.05, 0.1) is 11.5 Å². The summed E-state index contributed by atoms with van der Waals surface area (Å²) in [5, 5.41) is 9.76. The molecule has 3 aliphatic rings. The SMILES string of the molecule is CCC1CCC(C2(C#N)CC3CCC2C3)CC1. The molecule has 1 nitrogen and oxygen atoms in total. The van der Waals surface area contributed by atoms with Gasteiger partial charge < -0.3 is 0 Å². The van der Waals surface area contributed by atoms with Crippen LogP contribution in [0.15, 0.2) is 0 Å². The molecule has 0 radical (unpaired) electrons. The molecular formula is C16H25N. The van der Waals surface area contributed by atoms with Crippen LogP contribution in [0.1, 0.15) is 64.7 Å². The highest BCUT2D eigenvalue weighted by molar-refractivity contribution is 5.14. The van der Waals surface area contributed by atoms with E-state index >= 15 is 0 Å². The van der Waals surface area contributed by atoms with Crippen LogP contribution >= 0.6 is 0 Å². The van der Waals surface area contributed by atoms with Crippen molar-refractivity contribution in [2.45, 2.75) is 64.7 Å². The molecule has 0 spiro atoms. The molecule has 2 bridgehead atoms. The number of nitriles is 1. The van der Waals surface area contributed by atoms with Gasteiger partial charge in [0.2, 0.25) is 0 Å². The molecule has 0 amide bonds. The van der Waals surface area contributed by atoms with Crippen LogP contribution in [0.2, 0.25) is 0 Å². The third-order valence-corrected chi connectivity index (χ3v) is 6.26. The highest BCUT2D eigenvalue weighted by atomic mass is 14.6. The molecule has 0 heterocycles. The Hall–Kier alpha value is -0.510. The second kappa shape index (κ2) is 4.30. The van der Waals surface area contributed by atoms with Gasteiger partial charge in [-0.1, -0.05) is 32.6 Å². The maximum atomic E-state index is 9.76. The van der Waals surface area contributed by atoms with E-state index < -0.39 is 0 Å². The minimum absolute atomic E-state index is 0.113. The van der Waals surface area contributed by atoms with Crippen molar-refractivity contribution >= 4 is 0 Å². The summed E-state index contributed by atoms with van der Waals surface area (Å²) in [7, 11) is 0. The predicted molar refractivity (Wildman–Crippen MR) is 69.2 cm³/mol. The molecule has 0 aromatic heterocycles. The van der Waals surface area contributed by atoms with E-state index in [1.54, 1.807) is 0 Å². The van der Waals surface area contributed by atoms with Crippen molar-refractivity contribution in [2.75, 3.05) is 0 Å². The first-order valence-electron chi connectivity index (χ1n) is 7.69. The Kier molecular flexibility index (Phi) is 2.93. The van der Waals surface area contributed by atoms with E-state index in [2.05, 4.69) is 13.0 Å². The quantitative estimate of drug-likeness (QED) is 0.685. The lowest BCUT2D eigenvalue weighted by Crippen LogP contribution is -2.36. The fraction of sp³-hybridized carbons (Fsp3) is 0.938. The number of rotatable bonds is 2. The van der Waals surface area contributed by atoms with Crippen LogP contribution in [0.3, 0.4) is 0 Å². The molecule has 3 unspecified atom stereocenters. The van der Waals surface area contributed by atoms with E-state index in [1.807, 2.05) is 0 Å². The molecule has 3 saturated carbocycles. The molecule has 0 aliphatic heterocycles. The Morgan fingerprint density at radius 1 is 1.06 bits per heavy atom. The molecule has 0 N–H and O–H groups in total. The first-order chi connectivity index (χ1) is 8.28. The largest absolute Gasteiger partial charge is 0.198 e. The Balaban J connectivity index is 1.73.